The molecule has 0 amide bonds. The molecule has 0 radical (unpaired) electrons. The van der Waals surface area contributed by atoms with E-state index in [1.54, 1.807) is 10.8 Å². The maximum Gasteiger partial charge on any atom is 0.346 e. The summed E-state index contributed by atoms with van der Waals surface area (Å²) in [6, 6.07) is 13.8. The van der Waals surface area contributed by atoms with Crippen molar-refractivity contribution in [3.8, 4) is 11.6 Å². The third kappa shape index (κ3) is 2.20. The smallest absolute Gasteiger partial charge is 0.346 e. The van der Waals surface area contributed by atoms with Crippen molar-refractivity contribution in [3.05, 3.63) is 64.8 Å². The van der Waals surface area contributed by atoms with Crippen molar-refractivity contribution in [2.75, 3.05) is 0 Å². The quantitative estimate of drug-likeness (QED) is 0.738. The third-order valence-electron chi connectivity index (χ3n) is 3.70. The second-order valence-corrected chi connectivity index (χ2v) is 5.33. The number of hydrogen-bond acceptors (Lipinski definition) is 3. The van der Waals surface area contributed by atoms with Gasteiger partial charge in [0.15, 0.2) is 5.76 Å². The van der Waals surface area contributed by atoms with E-state index in [-0.39, 0.29) is 11.7 Å². The molecule has 3 aromatic rings. The summed E-state index contributed by atoms with van der Waals surface area (Å²) in [6.45, 7) is 0.479. The Morgan fingerprint density at radius 2 is 1.95 bits per heavy atom. The highest BCUT2D eigenvalue weighted by molar-refractivity contribution is 5.46. The molecule has 0 aliphatic heterocycles. The predicted molar refractivity (Wildman–Crippen MR) is 78.0 cm³/mol. The van der Waals surface area contributed by atoms with Crippen LogP contribution in [0.25, 0.3) is 11.6 Å². The lowest BCUT2D eigenvalue weighted by atomic mass is 10.2. The Labute approximate surface area is 121 Å². The fraction of sp³-hybridized carbons (Fsp3) is 0.250. The average molecular weight is 281 g/mol. The number of aromatic nitrogens is 3. The van der Waals surface area contributed by atoms with Gasteiger partial charge in [-0.15, -0.1) is 5.10 Å². The first-order valence-corrected chi connectivity index (χ1v) is 7.10. The van der Waals surface area contributed by atoms with Crippen molar-refractivity contribution in [1.82, 2.24) is 14.3 Å². The van der Waals surface area contributed by atoms with Crippen LogP contribution in [-0.4, -0.2) is 14.3 Å². The Kier molecular flexibility index (Phi) is 2.77. The normalized spacial score (nSPS) is 14.5. The summed E-state index contributed by atoms with van der Waals surface area (Å²) in [5.41, 5.74) is 0.999. The van der Waals surface area contributed by atoms with Gasteiger partial charge in [-0.25, -0.2) is 9.48 Å². The van der Waals surface area contributed by atoms with Crippen molar-refractivity contribution < 1.29 is 4.42 Å². The zero-order valence-corrected chi connectivity index (χ0v) is 11.5. The first kappa shape index (κ1) is 12.2. The van der Waals surface area contributed by atoms with Crippen LogP contribution in [0.4, 0.5) is 0 Å². The van der Waals surface area contributed by atoms with Crippen LogP contribution in [-0.2, 0) is 6.54 Å². The molecule has 21 heavy (non-hydrogen) atoms. The zero-order valence-electron chi connectivity index (χ0n) is 11.5. The molecule has 5 nitrogen and oxygen atoms in total. The van der Waals surface area contributed by atoms with E-state index in [4.69, 9.17) is 4.42 Å². The second-order valence-electron chi connectivity index (χ2n) is 5.33. The van der Waals surface area contributed by atoms with Crippen LogP contribution in [0.1, 0.15) is 24.4 Å². The minimum atomic E-state index is -0.0623. The van der Waals surface area contributed by atoms with Gasteiger partial charge < -0.3 is 4.42 Å². The van der Waals surface area contributed by atoms with E-state index in [0.717, 1.165) is 18.4 Å². The number of nitrogens with zero attached hydrogens (tertiary/aromatic N) is 3. The highest BCUT2D eigenvalue weighted by Gasteiger charge is 2.31. The summed E-state index contributed by atoms with van der Waals surface area (Å²) in [4.78, 5) is 12.6. The topological polar surface area (TPSA) is 53.0 Å². The van der Waals surface area contributed by atoms with Crippen LogP contribution in [0.15, 0.2) is 57.9 Å². The van der Waals surface area contributed by atoms with Crippen molar-refractivity contribution in [1.29, 1.82) is 0 Å². The maximum atomic E-state index is 12.6. The Morgan fingerprint density at radius 1 is 1.14 bits per heavy atom. The number of benzene rings is 1. The SMILES string of the molecule is O=c1n(Cc2ccccc2)nc(-c2ccco2)n1C1CC1. The van der Waals surface area contributed by atoms with Crippen LogP contribution in [0.5, 0.6) is 0 Å². The van der Waals surface area contributed by atoms with Gasteiger partial charge in [-0.3, -0.25) is 4.57 Å². The van der Waals surface area contributed by atoms with Gasteiger partial charge in [-0.2, -0.15) is 0 Å². The van der Waals surface area contributed by atoms with Gasteiger partial charge in [-0.05, 0) is 30.5 Å². The molecule has 0 spiro atoms. The molecule has 0 atom stereocenters. The van der Waals surface area contributed by atoms with Crippen molar-refractivity contribution in [2.45, 2.75) is 25.4 Å². The molecule has 0 unspecified atom stereocenters. The van der Waals surface area contributed by atoms with Crippen LogP contribution in [0, 0.1) is 0 Å². The molecule has 0 N–H and O–H groups in total. The molecule has 0 saturated heterocycles. The Bertz CT molecular complexity index is 796. The Balaban J connectivity index is 1.78. The zero-order chi connectivity index (χ0) is 14.2. The van der Waals surface area contributed by atoms with E-state index >= 15 is 0 Å². The van der Waals surface area contributed by atoms with Gasteiger partial charge in [0.25, 0.3) is 0 Å². The van der Waals surface area contributed by atoms with E-state index in [0.29, 0.717) is 18.1 Å². The molecule has 1 aromatic carbocycles. The molecule has 106 valence electrons. The molecule has 0 bridgehead atoms. The highest BCUT2D eigenvalue weighted by atomic mass is 16.3. The van der Waals surface area contributed by atoms with Crippen LogP contribution < -0.4 is 5.69 Å². The summed E-state index contributed by atoms with van der Waals surface area (Å²) in [5.74, 6) is 1.27. The lowest BCUT2D eigenvalue weighted by Gasteiger charge is -1.99. The molecular weight excluding hydrogens is 266 g/mol. The molecule has 1 saturated carbocycles. The summed E-state index contributed by atoms with van der Waals surface area (Å²) >= 11 is 0. The summed E-state index contributed by atoms with van der Waals surface area (Å²) in [5, 5.41) is 4.48. The minimum absolute atomic E-state index is 0.0623. The standard InChI is InChI=1S/C16H15N3O2/c20-16-18(11-12-5-2-1-3-6-12)17-15(14-7-4-10-21-14)19(16)13-8-9-13/h1-7,10,13H,8-9,11H2. The summed E-state index contributed by atoms with van der Waals surface area (Å²) in [6.07, 6.45) is 3.67. The molecule has 2 aromatic heterocycles. The van der Waals surface area contributed by atoms with Gasteiger partial charge in [0.2, 0.25) is 5.82 Å². The average Bonchev–Trinajstić information content (AvgIpc) is 3.09. The van der Waals surface area contributed by atoms with Gasteiger partial charge >= 0.3 is 5.69 Å². The van der Waals surface area contributed by atoms with Gasteiger partial charge in [0.1, 0.15) is 0 Å². The fourth-order valence-electron chi connectivity index (χ4n) is 2.52. The van der Waals surface area contributed by atoms with E-state index in [1.807, 2.05) is 42.5 Å². The fourth-order valence-corrected chi connectivity index (χ4v) is 2.52. The number of hydrogen-bond donors (Lipinski definition) is 0. The lowest BCUT2D eigenvalue weighted by Crippen LogP contribution is -2.25. The Hall–Kier alpha value is -2.56. The van der Waals surface area contributed by atoms with E-state index in [9.17, 15) is 4.79 Å². The monoisotopic (exact) mass is 281 g/mol. The molecule has 1 aliphatic rings. The molecule has 5 heteroatoms. The van der Waals surface area contributed by atoms with Crippen LogP contribution >= 0.6 is 0 Å². The van der Waals surface area contributed by atoms with Crippen LogP contribution in [0.2, 0.25) is 0 Å². The predicted octanol–water partition coefficient (Wildman–Crippen LogP) is 2.69. The molecular formula is C16H15N3O2. The maximum absolute atomic E-state index is 12.6. The number of furan rings is 1. The van der Waals surface area contributed by atoms with Crippen molar-refractivity contribution in [2.24, 2.45) is 0 Å². The van der Waals surface area contributed by atoms with Gasteiger partial charge in [0.05, 0.1) is 12.8 Å². The first-order chi connectivity index (χ1) is 10.3. The minimum Gasteiger partial charge on any atom is -0.461 e. The molecule has 2 heterocycles. The molecule has 4 rings (SSSR count). The summed E-state index contributed by atoms with van der Waals surface area (Å²) in [7, 11) is 0. The van der Waals surface area contributed by atoms with Crippen molar-refractivity contribution in [3.63, 3.8) is 0 Å². The van der Waals surface area contributed by atoms with Gasteiger partial charge in [0, 0.05) is 6.04 Å². The highest BCUT2D eigenvalue weighted by Crippen LogP contribution is 2.36. The first-order valence-electron chi connectivity index (χ1n) is 7.10. The van der Waals surface area contributed by atoms with E-state index < -0.39 is 0 Å². The second kappa shape index (κ2) is 4.77. The lowest BCUT2D eigenvalue weighted by molar-refractivity contribution is 0.568. The molecule has 1 fully saturated rings. The van der Waals surface area contributed by atoms with Crippen LogP contribution in [0.3, 0.4) is 0 Å². The van der Waals surface area contributed by atoms with Gasteiger partial charge in [-0.1, -0.05) is 30.3 Å². The molecule has 1 aliphatic carbocycles. The van der Waals surface area contributed by atoms with E-state index in [2.05, 4.69) is 5.10 Å². The summed E-state index contributed by atoms with van der Waals surface area (Å²) < 4.78 is 8.71. The van der Waals surface area contributed by atoms with E-state index in [1.165, 1.54) is 4.68 Å². The van der Waals surface area contributed by atoms with Crippen molar-refractivity contribution >= 4 is 0 Å². The largest absolute Gasteiger partial charge is 0.461 e. The Morgan fingerprint density at radius 3 is 2.62 bits per heavy atom. The number of rotatable bonds is 4. The third-order valence-corrected chi connectivity index (χ3v) is 3.70.